The molecular formula is C18H23O6P. The summed E-state index contributed by atoms with van der Waals surface area (Å²) in [4.78, 5) is 24.1. The molecule has 1 aromatic rings. The molecule has 1 aromatic carbocycles. The molecule has 0 saturated carbocycles. The van der Waals surface area contributed by atoms with Crippen molar-refractivity contribution in [2.24, 2.45) is 5.92 Å². The number of Topliss-reactive ketones (excluding diaryl/α,β-unsaturated/α-hetero) is 1. The summed E-state index contributed by atoms with van der Waals surface area (Å²) < 4.78 is 27.6. The van der Waals surface area contributed by atoms with Crippen molar-refractivity contribution >= 4 is 24.9 Å². The van der Waals surface area contributed by atoms with Gasteiger partial charge in [0.1, 0.15) is 6.16 Å². The highest BCUT2D eigenvalue weighted by molar-refractivity contribution is 7.54. The minimum absolute atomic E-state index is 0.0292. The first-order valence-electron chi connectivity index (χ1n) is 8.31. The topological polar surface area (TPSA) is 78.9 Å². The maximum atomic E-state index is 12.3. The summed E-state index contributed by atoms with van der Waals surface area (Å²) in [5.74, 6) is -0.800. The Morgan fingerprint density at radius 3 is 2.40 bits per heavy atom. The first-order chi connectivity index (χ1) is 12.0. The maximum Gasteiger partial charge on any atom is 0.341 e. The van der Waals surface area contributed by atoms with E-state index in [9.17, 15) is 14.2 Å². The van der Waals surface area contributed by atoms with E-state index in [1.807, 2.05) is 36.4 Å². The number of benzene rings is 1. The fraction of sp³-hybridized carbons (Fsp3) is 0.444. The third-order valence-electron chi connectivity index (χ3n) is 3.67. The van der Waals surface area contributed by atoms with Crippen LogP contribution in [0.25, 0.3) is 5.57 Å². The second-order valence-electron chi connectivity index (χ2n) is 5.62. The number of carbonyl (C=O) groups excluding carboxylic acids is 2. The zero-order chi connectivity index (χ0) is 18.3. The quantitative estimate of drug-likeness (QED) is 0.492. The Balaban J connectivity index is 1.91. The molecule has 0 heterocycles. The normalized spacial score (nSPS) is 17.4. The summed E-state index contributed by atoms with van der Waals surface area (Å²) >= 11 is 0. The molecule has 0 N–H and O–H groups in total. The molecule has 1 atom stereocenters. The van der Waals surface area contributed by atoms with E-state index in [4.69, 9.17) is 13.8 Å². The van der Waals surface area contributed by atoms with Gasteiger partial charge in [-0.3, -0.25) is 14.2 Å². The molecule has 136 valence electrons. The lowest BCUT2D eigenvalue weighted by atomic mass is 10.1. The number of ketones is 1. The summed E-state index contributed by atoms with van der Waals surface area (Å²) in [7, 11) is -3.47. The van der Waals surface area contributed by atoms with E-state index in [0.717, 1.165) is 5.56 Å². The maximum absolute atomic E-state index is 12.3. The lowest BCUT2D eigenvalue weighted by Crippen LogP contribution is -2.17. The minimum Gasteiger partial charge on any atom is -0.465 e. The fourth-order valence-corrected chi connectivity index (χ4v) is 4.09. The van der Waals surface area contributed by atoms with E-state index in [1.165, 1.54) is 0 Å². The number of carbonyl (C=O) groups is 2. The summed E-state index contributed by atoms with van der Waals surface area (Å²) in [6.45, 7) is 3.79. The molecular weight excluding hydrogens is 343 g/mol. The third kappa shape index (κ3) is 5.63. The van der Waals surface area contributed by atoms with Crippen LogP contribution < -0.4 is 0 Å². The second kappa shape index (κ2) is 9.09. The highest BCUT2D eigenvalue weighted by Crippen LogP contribution is 2.47. The number of hydrogen-bond donors (Lipinski definition) is 0. The van der Waals surface area contributed by atoms with Crippen molar-refractivity contribution in [3.63, 3.8) is 0 Å². The van der Waals surface area contributed by atoms with Crippen LogP contribution in [0.2, 0.25) is 0 Å². The van der Waals surface area contributed by atoms with Gasteiger partial charge in [0.2, 0.25) is 0 Å². The van der Waals surface area contributed by atoms with Gasteiger partial charge in [0.15, 0.2) is 5.78 Å². The van der Waals surface area contributed by atoms with Crippen LogP contribution in [0.1, 0.15) is 25.8 Å². The number of esters is 1. The van der Waals surface area contributed by atoms with Gasteiger partial charge in [0, 0.05) is 17.9 Å². The molecule has 7 heteroatoms. The zero-order valence-corrected chi connectivity index (χ0v) is 15.4. The molecule has 25 heavy (non-hydrogen) atoms. The lowest BCUT2D eigenvalue weighted by Gasteiger charge is -2.16. The van der Waals surface area contributed by atoms with E-state index in [-0.39, 0.29) is 31.5 Å². The van der Waals surface area contributed by atoms with Gasteiger partial charge in [0.25, 0.3) is 0 Å². The van der Waals surface area contributed by atoms with Crippen molar-refractivity contribution in [3.8, 4) is 0 Å². The smallest absolute Gasteiger partial charge is 0.341 e. The number of ether oxygens (including phenoxy) is 1. The molecule has 0 aliphatic heterocycles. The molecule has 1 unspecified atom stereocenters. The second-order valence-corrected chi connectivity index (χ2v) is 7.68. The molecule has 0 spiro atoms. The standard InChI is InChI=1S/C18H23O6P/c1-3-23-25(21,24-4-2)13-18(20)22-12-14-10-16(17(19)11-14)15-8-6-5-7-9-15/h5-10,14H,3-4,11-13H2,1-2H3. The van der Waals surface area contributed by atoms with Crippen LogP contribution in [0.3, 0.4) is 0 Å². The highest BCUT2D eigenvalue weighted by Gasteiger charge is 2.30. The molecule has 0 fully saturated rings. The number of hydrogen-bond acceptors (Lipinski definition) is 6. The molecule has 0 bridgehead atoms. The van der Waals surface area contributed by atoms with Gasteiger partial charge in [-0.25, -0.2) is 0 Å². The van der Waals surface area contributed by atoms with E-state index in [1.54, 1.807) is 13.8 Å². The van der Waals surface area contributed by atoms with Crippen LogP contribution in [-0.4, -0.2) is 37.7 Å². The van der Waals surface area contributed by atoms with E-state index in [0.29, 0.717) is 12.0 Å². The SMILES string of the molecule is CCOP(=O)(CC(=O)OCC1C=C(c2ccccc2)C(=O)C1)OCC. The minimum atomic E-state index is -3.47. The predicted octanol–water partition coefficient (Wildman–Crippen LogP) is 3.47. The average molecular weight is 366 g/mol. The number of rotatable bonds is 9. The van der Waals surface area contributed by atoms with Crippen molar-refractivity contribution in [2.75, 3.05) is 26.0 Å². The summed E-state index contributed by atoms with van der Waals surface area (Å²) in [6.07, 6.45) is 1.70. The van der Waals surface area contributed by atoms with Gasteiger partial charge < -0.3 is 13.8 Å². The average Bonchev–Trinajstić information content (AvgIpc) is 2.95. The first-order valence-corrected chi connectivity index (χ1v) is 10.0. The summed E-state index contributed by atoms with van der Waals surface area (Å²) in [5, 5.41) is 0. The van der Waals surface area contributed by atoms with Crippen molar-refractivity contribution in [2.45, 2.75) is 20.3 Å². The van der Waals surface area contributed by atoms with Crippen molar-refractivity contribution < 1.29 is 27.9 Å². The van der Waals surface area contributed by atoms with Crippen molar-refractivity contribution in [1.82, 2.24) is 0 Å². The van der Waals surface area contributed by atoms with E-state index >= 15 is 0 Å². The van der Waals surface area contributed by atoms with Gasteiger partial charge in [0.05, 0.1) is 19.8 Å². The zero-order valence-electron chi connectivity index (χ0n) is 14.5. The van der Waals surface area contributed by atoms with Crippen LogP contribution in [0.15, 0.2) is 36.4 Å². The van der Waals surface area contributed by atoms with Gasteiger partial charge in [-0.05, 0) is 19.4 Å². The third-order valence-corrected chi connectivity index (χ3v) is 5.62. The first kappa shape index (κ1) is 19.6. The van der Waals surface area contributed by atoms with Crippen molar-refractivity contribution in [3.05, 3.63) is 42.0 Å². The molecule has 0 amide bonds. The van der Waals surface area contributed by atoms with Crippen LogP contribution in [0, 0.1) is 5.92 Å². The fourth-order valence-electron chi connectivity index (χ4n) is 2.64. The van der Waals surface area contributed by atoms with Gasteiger partial charge in [-0.2, -0.15) is 0 Å². The van der Waals surface area contributed by atoms with Crippen LogP contribution >= 0.6 is 7.60 Å². The molecule has 0 aromatic heterocycles. The van der Waals surface area contributed by atoms with Gasteiger partial charge in [-0.1, -0.05) is 36.4 Å². The Bertz CT molecular complexity index is 672. The monoisotopic (exact) mass is 366 g/mol. The lowest BCUT2D eigenvalue weighted by molar-refractivity contribution is -0.142. The summed E-state index contributed by atoms with van der Waals surface area (Å²) in [5.41, 5.74) is 1.51. The Kier molecular flexibility index (Phi) is 7.12. The van der Waals surface area contributed by atoms with Crippen LogP contribution in [0.4, 0.5) is 0 Å². The molecule has 2 rings (SSSR count). The highest BCUT2D eigenvalue weighted by atomic mass is 31.2. The van der Waals surface area contributed by atoms with Crippen molar-refractivity contribution in [1.29, 1.82) is 0 Å². The van der Waals surface area contributed by atoms with Gasteiger partial charge >= 0.3 is 13.6 Å². The molecule has 0 radical (unpaired) electrons. The van der Waals surface area contributed by atoms with Gasteiger partial charge in [-0.15, -0.1) is 0 Å². The summed E-state index contributed by atoms with van der Waals surface area (Å²) in [6, 6.07) is 9.38. The molecule has 6 nitrogen and oxygen atoms in total. The Labute approximate surface area is 147 Å². The Morgan fingerprint density at radius 2 is 1.80 bits per heavy atom. The predicted molar refractivity (Wildman–Crippen MR) is 94.2 cm³/mol. The van der Waals surface area contributed by atoms with E-state index in [2.05, 4.69) is 0 Å². The molecule has 1 aliphatic rings. The van der Waals surface area contributed by atoms with Crippen LogP contribution in [-0.2, 0) is 27.9 Å². The Morgan fingerprint density at radius 1 is 1.16 bits per heavy atom. The van der Waals surface area contributed by atoms with Crippen LogP contribution in [0.5, 0.6) is 0 Å². The molecule has 0 saturated heterocycles. The Hall–Kier alpha value is -1.75. The largest absolute Gasteiger partial charge is 0.465 e. The molecule has 1 aliphatic carbocycles. The van der Waals surface area contributed by atoms with E-state index < -0.39 is 19.7 Å². The number of allylic oxidation sites excluding steroid dienone is 1.